The van der Waals surface area contributed by atoms with E-state index in [-0.39, 0.29) is 6.61 Å². The van der Waals surface area contributed by atoms with Gasteiger partial charge in [0.2, 0.25) is 5.79 Å². The zero-order valence-corrected chi connectivity index (χ0v) is 15.6. The molecule has 1 unspecified atom stereocenters. The molecule has 5 nitrogen and oxygen atoms in total. The summed E-state index contributed by atoms with van der Waals surface area (Å²) < 4.78 is 22.1. The van der Waals surface area contributed by atoms with Gasteiger partial charge in [-0.3, -0.25) is 0 Å². The molecule has 0 aliphatic carbocycles. The minimum absolute atomic E-state index is 0.164. The highest BCUT2D eigenvalue weighted by molar-refractivity contribution is 5.74. The van der Waals surface area contributed by atoms with E-state index in [1.165, 1.54) is 5.56 Å². The average Bonchev–Trinajstić information content (AvgIpc) is 2.92. The highest BCUT2D eigenvalue weighted by atomic mass is 16.7. The first-order chi connectivity index (χ1) is 12.4. The lowest BCUT2D eigenvalue weighted by molar-refractivity contribution is -0.136. The third-order valence-electron chi connectivity index (χ3n) is 4.28. The second-order valence-electron chi connectivity index (χ2n) is 6.85. The Morgan fingerprint density at radius 2 is 1.69 bits per heavy atom. The Labute approximate surface area is 153 Å². The normalized spacial score (nSPS) is 15.4. The van der Waals surface area contributed by atoms with Gasteiger partial charge >= 0.3 is 5.97 Å². The monoisotopic (exact) mass is 356 g/mol. The Kier molecular flexibility index (Phi) is 5.07. The summed E-state index contributed by atoms with van der Waals surface area (Å²) in [5.74, 6) is 1.54. The molecule has 1 aliphatic rings. The van der Waals surface area contributed by atoms with Crippen LogP contribution >= 0.6 is 0 Å². The van der Waals surface area contributed by atoms with Crippen molar-refractivity contribution in [2.45, 2.75) is 45.8 Å². The molecule has 0 spiro atoms. The van der Waals surface area contributed by atoms with Crippen LogP contribution in [0.4, 0.5) is 0 Å². The van der Waals surface area contributed by atoms with Gasteiger partial charge in [0.15, 0.2) is 18.1 Å². The van der Waals surface area contributed by atoms with E-state index in [0.717, 1.165) is 6.42 Å². The number of fused-ring (bicyclic) bond motifs is 1. The predicted octanol–water partition coefficient (Wildman–Crippen LogP) is 4.69. The van der Waals surface area contributed by atoms with E-state index < -0.39 is 11.8 Å². The van der Waals surface area contributed by atoms with Gasteiger partial charge in [-0.25, -0.2) is 4.79 Å². The van der Waals surface area contributed by atoms with E-state index in [1.54, 1.807) is 18.2 Å². The quantitative estimate of drug-likeness (QED) is 0.555. The summed E-state index contributed by atoms with van der Waals surface area (Å²) in [6.45, 7) is 7.81. The maximum absolute atomic E-state index is 12.0. The lowest BCUT2D eigenvalue weighted by Crippen LogP contribution is -2.29. The van der Waals surface area contributed by atoms with Crippen LogP contribution in [-0.4, -0.2) is 18.4 Å². The summed E-state index contributed by atoms with van der Waals surface area (Å²) in [6, 6.07) is 12.8. The Morgan fingerprint density at radius 3 is 2.38 bits per heavy atom. The third-order valence-corrected chi connectivity index (χ3v) is 4.28. The maximum Gasteiger partial charge on any atom is 0.349 e. The smallest absolute Gasteiger partial charge is 0.349 e. The molecule has 0 bridgehead atoms. The van der Waals surface area contributed by atoms with Crippen molar-refractivity contribution in [3.63, 3.8) is 0 Å². The van der Waals surface area contributed by atoms with Crippen molar-refractivity contribution in [3.8, 4) is 23.0 Å². The first-order valence-corrected chi connectivity index (χ1v) is 8.82. The SMILES string of the molecule is CCC(C)c1ccc(OCC(=O)Oc2ccc3c(c2)OC(C)(C)O3)cc1. The van der Waals surface area contributed by atoms with Gasteiger partial charge in [0.25, 0.3) is 0 Å². The van der Waals surface area contributed by atoms with Gasteiger partial charge in [-0.05, 0) is 42.2 Å². The molecule has 0 radical (unpaired) electrons. The zero-order valence-electron chi connectivity index (χ0n) is 15.6. The second kappa shape index (κ2) is 7.28. The summed E-state index contributed by atoms with van der Waals surface area (Å²) in [5, 5.41) is 0. The van der Waals surface area contributed by atoms with E-state index >= 15 is 0 Å². The minimum atomic E-state index is -0.713. The molecule has 1 heterocycles. The third kappa shape index (κ3) is 4.28. The number of carbonyl (C=O) groups is 1. The Balaban J connectivity index is 1.54. The fourth-order valence-corrected chi connectivity index (χ4v) is 2.70. The molecular weight excluding hydrogens is 332 g/mol. The van der Waals surface area contributed by atoms with Gasteiger partial charge in [0, 0.05) is 19.9 Å². The van der Waals surface area contributed by atoms with E-state index in [0.29, 0.717) is 28.9 Å². The molecular formula is C21H24O5. The molecule has 0 saturated carbocycles. The van der Waals surface area contributed by atoms with Crippen molar-refractivity contribution in [3.05, 3.63) is 48.0 Å². The number of esters is 1. The standard InChI is InChI=1S/C21H24O5/c1-5-14(2)15-6-8-16(9-7-15)23-13-20(22)24-17-10-11-18-19(12-17)26-21(3,4)25-18/h6-12,14H,5,13H2,1-4H3. The topological polar surface area (TPSA) is 54.0 Å². The van der Waals surface area contributed by atoms with Gasteiger partial charge in [0.1, 0.15) is 11.5 Å². The predicted molar refractivity (Wildman–Crippen MR) is 98.1 cm³/mol. The largest absolute Gasteiger partial charge is 0.482 e. The van der Waals surface area contributed by atoms with Crippen LogP contribution in [0, 0.1) is 0 Å². The van der Waals surface area contributed by atoms with Crippen LogP contribution in [0.2, 0.25) is 0 Å². The molecule has 0 N–H and O–H groups in total. The van der Waals surface area contributed by atoms with Crippen LogP contribution in [0.15, 0.2) is 42.5 Å². The molecule has 0 saturated heterocycles. The van der Waals surface area contributed by atoms with Crippen LogP contribution in [0.25, 0.3) is 0 Å². The summed E-state index contributed by atoms with van der Waals surface area (Å²) in [7, 11) is 0. The molecule has 0 aromatic heterocycles. The molecule has 3 rings (SSSR count). The van der Waals surface area contributed by atoms with Crippen molar-refractivity contribution >= 4 is 5.97 Å². The van der Waals surface area contributed by atoms with Crippen molar-refractivity contribution in [2.75, 3.05) is 6.61 Å². The van der Waals surface area contributed by atoms with Gasteiger partial charge in [-0.1, -0.05) is 26.0 Å². The van der Waals surface area contributed by atoms with Gasteiger partial charge in [0.05, 0.1) is 0 Å². The van der Waals surface area contributed by atoms with Crippen LogP contribution < -0.4 is 18.9 Å². The first-order valence-electron chi connectivity index (χ1n) is 8.82. The lowest BCUT2D eigenvalue weighted by Gasteiger charge is -2.16. The Hall–Kier alpha value is -2.69. The second-order valence-corrected chi connectivity index (χ2v) is 6.85. The fraction of sp³-hybridized carbons (Fsp3) is 0.381. The van der Waals surface area contributed by atoms with E-state index in [9.17, 15) is 4.79 Å². The fourth-order valence-electron chi connectivity index (χ4n) is 2.70. The van der Waals surface area contributed by atoms with E-state index in [4.69, 9.17) is 18.9 Å². The molecule has 0 amide bonds. The summed E-state index contributed by atoms with van der Waals surface area (Å²) in [4.78, 5) is 12.0. The van der Waals surface area contributed by atoms with Crippen molar-refractivity contribution < 1.29 is 23.7 Å². The molecule has 138 valence electrons. The van der Waals surface area contributed by atoms with Crippen LogP contribution in [0.5, 0.6) is 23.0 Å². The lowest BCUT2D eigenvalue weighted by atomic mass is 9.99. The van der Waals surface area contributed by atoms with Crippen LogP contribution in [-0.2, 0) is 4.79 Å². The van der Waals surface area contributed by atoms with Gasteiger partial charge in [-0.15, -0.1) is 0 Å². The summed E-state index contributed by atoms with van der Waals surface area (Å²) >= 11 is 0. The number of hydrogen-bond acceptors (Lipinski definition) is 5. The molecule has 0 fully saturated rings. The van der Waals surface area contributed by atoms with Gasteiger partial charge in [-0.2, -0.15) is 0 Å². The first kappa shape index (κ1) is 18.1. The number of carbonyl (C=O) groups excluding carboxylic acids is 1. The highest BCUT2D eigenvalue weighted by Gasteiger charge is 2.31. The number of hydrogen-bond donors (Lipinski definition) is 0. The molecule has 2 aromatic carbocycles. The minimum Gasteiger partial charge on any atom is -0.482 e. The molecule has 1 atom stereocenters. The number of rotatable bonds is 6. The van der Waals surface area contributed by atoms with Crippen molar-refractivity contribution in [1.29, 1.82) is 0 Å². The number of benzene rings is 2. The van der Waals surface area contributed by atoms with E-state index in [2.05, 4.69) is 13.8 Å². The molecule has 2 aromatic rings. The van der Waals surface area contributed by atoms with Crippen LogP contribution in [0.1, 0.15) is 45.6 Å². The maximum atomic E-state index is 12.0. The van der Waals surface area contributed by atoms with Gasteiger partial charge < -0.3 is 18.9 Å². The molecule has 26 heavy (non-hydrogen) atoms. The molecule has 1 aliphatic heterocycles. The average molecular weight is 356 g/mol. The summed E-state index contributed by atoms with van der Waals surface area (Å²) in [6.07, 6.45) is 1.08. The Bertz CT molecular complexity index is 779. The van der Waals surface area contributed by atoms with Crippen molar-refractivity contribution in [1.82, 2.24) is 0 Å². The Morgan fingerprint density at radius 1 is 1.04 bits per heavy atom. The highest BCUT2D eigenvalue weighted by Crippen LogP contribution is 2.41. The van der Waals surface area contributed by atoms with Crippen LogP contribution in [0.3, 0.4) is 0 Å². The summed E-state index contributed by atoms with van der Waals surface area (Å²) in [5.41, 5.74) is 1.26. The number of ether oxygens (including phenoxy) is 4. The zero-order chi connectivity index (χ0) is 18.7. The molecule has 5 heteroatoms. The van der Waals surface area contributed by atoms with Crippen molar-refractivity contribution in [2.24, 2.45) is 0 Å². The van der Waals surface area contributed by atoms with E-state index in [1.807, 2.05) is 38.1 Å².